The van der Waals surface area contributed by atoms with E-state index >= 15 is 0 Å². The zero-order valence-electron chi connectivity index (χ0n) is 6.69. The van der Waals surface area contributed by atoms with Gasteiger partial charge in [-0.2, -0.15) is 0 Å². The molecule has 0 saturated heterocycles. The number of phenols is 1. The van der Waals surface area contributed by atoms with E-state index in [1.165, 1.54) is 0 Å². The minimum absolute atomic E-state index is 0.0328. The van der Waals surface area contributed by atoms with Crippen LogP contribution in [0.4, 0.5) is 0 Å². The van der Waals surface area contributed by atoms with E-state index < -0.39 is 0 Å². The Balaban J connectivity index is 2.94. The molecule has 0 heterocycles. The number of thiocarbonyl (C=S) groups is 1. The summed E-state index contributed by atoms with van der Waals surface area (Å²) in [6, 6.07) is 6.92. The van der Waals surface area contributed by atoms with E-state index in [0.717, 1.165) is 5.56 Å². The van der Waals surface area contributed by atoms with Crippen LogP contribution in [0.3, 0.4) is 0 Å². The number of hydrogen-bond donors (Lipinski definition) is 1. The molecule has 12 heavy (non-hydrogen) atoms. The Morgan fingerprint density at radius 3 is 2.92 bits per heavy atom. The zero-order valence-corrected chi connectivity index (χ0v) is 7.51. The van der Waals surface area contributed by atoms with Crippen molar-refractivity contribution in [2.75, 3.05) is 0 Å². The van der Waals surface area contributed by atoms with E-state index in [9.17, 15) is 0 Å². The highest BCUT2D eigenvalue weighted by molar-refractivity contribution is 7.78. The Labute approximate surface area is 76.6 Å². The second kappa shape index (κ2) is 4.00. The molecule has 1 N–H and O–H groups in total. The zero-order chi connectivity index (χ0) is 8.97. The van der Waals surface area contributed by atoms with Crippen LogP contribution in [0.2, 0.25) is 0 Å². The molecule has 2 nitrogen and oxygen atoms in total. The molecule has 0 unspecified atom stereocenters. The molecule has 1 atom stereocenters. The molecular formula is C9H9NOS. The molecule has 0 aliphatic rings. The highest BCUT2D eigenvalue weighted by atomic mass is 32.1. The fraction of sp³-hybridized carbons (Fsp3) is 0.222. The van der Waals surface area contributed by atoms with Crippen molar-refractivity contribution in [1.82, 2.24) is 0 Å². The van der Waals surface area contributed by atoms with Gasteiger partial charge in [-0.05, 0) is 36.8 Å². The molecule has 62 valence electrons. The largest absolute Gasteiger partial charge is 0.508 e. The summed E-state index contributed by atoms with van der Waals surface area (Å²) in [4.78, 5) is 3.89. The minimum Gasteiger partial charge on any atom is -0.508 e. The summed E-state index contributed by atoms with van der Waals surface area (Å²) < 4.78 is 0. The maximum atomic E-state index is 9.14. The van der Waals surface area contributed by atoms with Crippen LogP contribution < -0.4 is 0 Å². The van der Waals surface area contributed by atoms with Crippen LogP contribution in [0.1, 0.15) is 18.5 Å². The Kier molecular flexibility index (Phi) is 2.97. The molecule has 0 bridgehead atoms. The average Bonchev–Trinajstić information content (AvgIpc) is 2.05. The van der Waals surface area contributed by atoms with Crippen molar-refractivity contribution < 1.29 is 5.11 Å². The van der Waals surface area contributed by atoms with Crippen molar-refractivity contribution in [3.63, 3.8) is 0 Å². The lowest BCUT2D eigenvalue weighted by Crippen LogP contribution is -1.87. The number of hydrogen-bond acceptors (Lipinski definition) is 3. The summed E-state index contributed by atoms with van der Waals surface area (Å²) in [6.45, 7) is 1.90. The molecule has 0 fully saturated rings. The molecular weight excluding hydrogens is 170 g/mol. The van der Waals surface area contributed by atoms with Crippen LogP contribution in [-0.4, -0.2) is 10.3 Å². The lowest BCUT2D eigenvalue weighted by molar-refractivity contribution is 0.474. The van der Waals surface area contributed by atoms with E-state index in [4.69, 9.17) is 5.11 Å². The highest BCUT2D eigenvalue weighted by Crippen LogP contribution is 2.19. The first kappa shape index (κ1) is 8.91. The van der Waals surface area contributed by atoms with Crippen LogP contribution in [0, 0.1) is 0 Å². The summed E-state index contributed by atoms with van der Waals surface area (Å²) in [7, 11) is 0. The molecule has 0 spiro atoms. The smallest absolute Gasteiger partial charge is 0.115 e. The second-order valence-corrected chi connectivity index (χ2v) is 2.67. The summed E-state index contributed by atoms with van der Waals surface area (Å²) in [6.07, 6.45) is 0. The van der Waals surface area contributed by atoms with E-state index in [0.29, 0.717) is 0 Å². The number of isothiocyanates is 1. The van der Waals surface area contributed by atoms with Gasteiger partial charge in [-0.3, -0.25) is 0 Å². The fourth-order valence-corrected chi connectivity index (χ4v) is 1.10. The third-order valence-electron chi connectivity index (χ3n) is 1.60. The second-order valence-electron chi connectivity index (χ2n) is 2.49. The first-order chi connectivity index (χ1) is 5.74. The molecule has 1 aromatic rings. The van der Waals surface area contributed by atoms with Crippen molar-refractivity contribution in [2.24, 2.45) is 4.99 Å². The Bertz CT molecular complexity index is 318. The predicted octanol–water partition coefficient (Wildman–Crippen LogP) is 2.56. The molecule has 0 aliphatic carbocycles. The number of benzene rings is 1. The van der Waals surface area contributed by atoms with Crippen molar-refractivity contribution >= 4 is 17.4 Å². The third kappa shape index (κ3) is 2.16. The SMILES string of the molecule is C[C@@H](N=C=S)c1cccc(O)c1. The summed E-state index contributed by atoms with van der Waals surface area (Å²) >= 11 is 4.48. The summed E-state index contributed by atoms with van der Waals surface area (Å²) in [5.41, 5.74) is 0.937. The molecule has 0 aliphatic heterocycles. The van der Waals surface area contributed by atoms with Gasteiger partial charge in [0.1, 0.15) is 5.75 Å². The highest BCUT2D eigenvalue weighted by Gasteiger charge is 2.01. The molecule has 1 aromatic carbocycles. The van der Waals surface area contributed by atoms with Crippen molar-refractivity contribution in [3.05, 3.63) is 29.8 Å². The van der Waals surface area contributed by atoms with Gasteiger partial charge >= 0.3 is 0 Å². The van der Waals surface area contributed by atoms with E-state index in [1.54, 1.807) is 18.2 Å². The quantitative estimate of drug-likeness (QED) is 0.559. The van der Waals surface area contributed by atoms with Crippen LogP contribution in [0.25, 0.3) is 0 Å². The lowest BCUT2D eigenvalue weighted by Gasteiger charge is -2.03. The lowest BCUT2D eigenvalue weighted by atomic mass is 10.1. The van der Waals surface area contributed by atoms with Gasteiger partial charge in [0, 0.05) is 0 Å². The van der Waals surface area contributed by atoms with Gasteiger partial charge in [0.25, 0.3) is 0 Å². The summed E-state index contributed by atoms with van der Waals surface area (Å²) in [5.74, 6) is 0.249. The predicted molar refractivity (Wildman–Crippen MR) is 51.5 cm³/mol. The molecule has 0 saturated carbocycles. The number of rotatable bonds is 2. The van der Waals surface area contributed by atoms with Gasteiger partial charge in [0.15, 0.2) is 0 Å². The standard InChI is InChI=1S/C9H9NOS/c1-7(10-6-12)8-3-2-4-9(11)5-8/h2-5,7,11H,1H3/t7-/m1/s1. The van der Waals surface area contributed by atoms with E-state index in [2.05, 4.69) is 22.4 Å². The van der Waals surface area contributed by atoms with Gasteiger partial charge < -0.3 is 5.11 Å². The third-order valence-corrected chi connectivity index (χ3v) is 1.70. The minimum atomic E-state index is -0.0328. The topological polar surface area (TPSA) is 32.6 Å². The molecule has 3 heteroatoms. The van der Waals surface area contributed by atoms with E-state index in [1.807, 2.05) is 13.0 Å². The maximum absolute atomic E-state index is 9.14. The Morgan fingerprint density at radius 1 is 1.58 bits per heavy atom. The van der Waals surface area contributed by atoms with Crippen molar-refractivity contribution in [3.8, 4) is 5.75 Å². The average molecular weight is 179 g/mol. The molecule has 0 radical (unpaired) electrons. The summed E-state index contributed by atoms with van der Waals surface area (Å²) in [5, 5.41) is 11.5. The van der Waals surface area contributed by atoms with Gasteiger partial charge in [-0.25, -0.2) is 4.99 Å². The Morgan fingerprint density at radius 2 is 2.33 bits per heavy atom. The molecule has 0 amide bonds. The van der Waals surface area contributed by atoms with Crippen LogP contribution >= 0.6 is 12.2 Å². The van der Waals surface area contributed by atoms with Crippen LogP contribution in [-0.2, 0) is 0 Å². The first-order valence-corrected chi connectivity index (χ1v) is 4.01. The maximum Gasteiger partial charge on any atom is 0.115 e. The van der Waals surface area contributed by atoms with Gasteiger partial charge in [0.2, 0.25) is 0 Å². The van der Waals surface area contributed by atoms with Gasteiger partial charge in [0.05, 0.1) is 11.2 Å². The Hall–Kier alpha value is -1.18. The molecule has 1 rings (SSSR count). The van der Waals surface area contributed by atoms with Crippen LogP contribution in [0.15, 0.2) is 29.3 Å². The number of nitrogens with zero attached hydrogens (tertiary/aromatic N) is 1. The molecule has 0 aromatic heterocycles. The van der Waals surface area contributed by atoms with Gasteiger partial charge in [-0.1, -0.05) is 12.1 Å². The van der Waals surface area contributed by atoms with Gasteiger partial charge in [-0.15, -0.1) is 0 Å². The first-order valence-electron chi connectivity index (χ1n) is 3.60. The fourth-order valence-electron chi connectivity index (χ4n) is 0.938. The van der Waals surface area contributed by atoms with E-state index in [-0.39, 0.29) is 11.8 Å². The number of aromatic hydroxyl groups is 1. The normalized spacial score (nSPS) is 11.8. The number of phenolic OH excluding ortho intramolecular Hbond substituents is 1. The monoisotopic (exact) mass is 179 g/mol. The van der Waals surface area contributed by atoms with Crippen LogP contribution in [0.5, 0.6) is 5.75 Å². The number of aliphatic imine (C=N–C) groups is 1. The van der Waals surface area contributed by atoms with Crippen molar-refractivity contribution in [1.29, 1.82) is 0 Å². The van der Waals surface area contributed by atoms with Crippen molar-refractivity contribution in [2.45, 2.75) is 13.0 Å².